The smallest absolute Gasteiger partial charge is 0.183 e. The third kappa shape index (κ3) is 2.44. The fraction of sp³-hybridized carbons (Fsp3) is 0.400. The monoisotopic (exact) mass is 295 g/mol. The van der Waals surface area contributed by atoms with Crippen molar-refractivity contribution in [2.24, 2.45) is 0 Å². The molecule has 0 spiro atoms. The molecule has 1 aliphatic rings. The predicted octanol–water partition coefficient (Wildman–Crippen LogP) is 2.93. The molecule has 0 bridgehead atoms. The van der Waals surface area contributed by atoms with E-state index in [0.29, 0.717) is 6.07 Å². The van der Waals surface area contributed by atoms with E-state index in [4.69, 9.17) is 0 Å². The van der Waals surface area contributed by atoms with Gasteiger partial charge in [0.25, 0.3) is 0 Å². The summed E-state index contributed by atoms with van der Waals surface area (Å²) >= 11 is 0. The third-order valence-corrected chi connectivity index (χ3v) is 4.20. The van der Waals surface area contributed by atoms with Gasteiger partial charge in [-0.25, -0.2) is 18.2 Å². The Morgan fingerprint density at radius 3 is 2.62 bits per heavy atom. The van der Waals surface area contributed by atoms with E-state index < -0.39 is 17.5 Å². The second-order valence-electron chi connectivity index (χ2n) is 5.68. The quantitative estimate of drug-likeness (QED) is 0.863. The zero-order valence-corrected chi connectivity index (χ0v) is 11.7. The van der Waals surface area contributed by atoms with E-state index in [1.165, 1.54) is 10.9 Å². The van der Waals surface area contributed by atoms with Gasteiger partial charge in [0.15, 0.2) is 11.6 Å². The average Bonchev–Trinajstić information content (AvgIpc) is 2.93. The zero-order chi connectivity index (χ0) is 15.0. The Labute approximate surface area is 120 Å². The predicted molar refractivity (Wildman–Crippen MR) is 72.9 cm³/mol. The number of hydrogen-bond acceptors (Lipinski definition) is 2. The third-order valence-electron chi connectivity index (χ3n) is 4.20. The molecule has 3 rings (SSSR count). The second kappa shape index (κ2) is 5.18. The Balaban J connectivity index is 2.11. The van der Waals surface area contributed by atoms with Crippen LogP contribution in [0.4, 0.5) is 13.2 Å². The van der Waals surface area contributed by atoms with Crippen LogP contribution < -0.4 is 5.32 Å². The summed E-state index contributed by atoms with van der Waals surface area (Å²) in [5.74, 6) is -3.06. The van der Waals surface area contributed by atoms with Gasteiger partial charge in [0.1, 0.15) is 5.82 Å². The number of benzene rings is 1. The summed E-state index contributed by atoms with van der Waals surface area (Å²) in [6.45, 7) is 3.76. The number of imidazole rings is 1. The van der Waals surface area contributed by atoms with E-state index in [-0.39, 0.29) is 11.1 Å². The summed E-state index contributed by atoms with van der Waals surface area (Å²) in [4.78, 5) is 4.05. The molecular weight excluding hydrogens is 279 g/mol. The molecule has 112 valence electrons. The molecular formula is C15H16F3N3. The number of piperidine rings is 1. The summed E-state index contributed by atoms with van der Waals surface area (Å²) in [6.07, 6.45) is 4.77. The van der Waals surface area contributed by atoms with Crippen LogP contribution in [-0.4, -0.2) is 22.6 Å². The molecule has 1 saturated heterocycles. The first kappa shape index (κ1) is 14.1. The Morgan fingerprint density at radius 2 is 1.90 bits per heavy atom. The highest BCUT2D eigenvalue weighted by Gasteiger charge is 2.32. The minimum atomic E-state index is -1.19. The topological polar surface area (TPSA) is 29.9 Å². The maximum atomic E-state index is 14.0. The molecule has 1 fully saturated rings. The van der Waals surface area contributed by atoms with Gasteiger partial charge in [-0.15, -0.1) is 0 Å². The van der Waals surface area contributed by atoms with Gasteiger partial charge in [-0.05, 0) is 25.9 Å². The molecule has 0 atom stereocenters. The minimum Gasteiger partial charge on any atom is -0.317 e. The van der Waals surface area contributed by atoms with Crippen LogP contribution in [0.1, 0.15) is 25.5 Å². The van der Waals surface area contributed by atoms with Crippen LogP contribution >= 0.6 is 0 Å². The summed E-state index contributed by atoms with van der Waals surface area (Å²) < 4.78 is 42.3. The molecule has 0 amide bonds. The first-order valence-electron chi connectivity index (χ1n) is 6.90. The molecule has 0 saturated carbocycles. The Morgan fingerprint density at radius 1 is 1.19 bits per heavy atom. The molecule has 2 heterocycles. The molecule has 1 aliphatic heterocycles. The SMILES string of the molecule is CC1(c2cncn2-c2cc(F)cc(F)c2F)CCNCC1. The van der Waals surface area contributed by atoms with E-state index in [0.717, 1.165) is 37.7 Å². The van der Waals surface area contributed by atoms with Crippen molar-refractivity contribution >= 4 is 0 Å². The van der Waals surface area contributed by atoms with E-state index in [2.05, 4.69) is 17.2 Å². The fourth-order valence-electron chi connectivity index (χ4n) is 2.89. The van der Waals surface area contributed by atoms with E-state index >= 15 is 0 Å². The van der Waals surface area contributed by atoms with Gasteiger partial charge in [-0.3, -0.25) is 4.57 Å². The molecule has 0 unspecified atom stereocenters. The van der Waals surface area contributed by atoms with Crippen LogP contribution in [0, 0.1) is 17.5 Å². The normalized spacial score (nSPS) is 17.9. The summed E-state index contributed by atoms with van der Waals surface area (Å²) in [5.41, 5.74) is 0.435. The lowest BCUT2D eigenvalue weighted by atomic mass is 9.78. The highest BCUT2D eigenvalue weighted by Crippen LogP contribution is 2.34. The lowest BCUT2D eigenvalue weighted by Crippen LogP contribution is -2.38. The number of halogens is 3. The molecule has 3 nitrogen and oxygen atoms in total. The van der Waals surface area contributed by atoms with Crippen LogP contribution in [0.2, 0.25) is 0 Å². The lowest BCUT2D eigenvalue weighted by molar-refractivity contribution is 0.323. The van der Waals surface area contributed by atoms with Gasteiger partial charge in [0.2, 0.25) is 0 Å². The van der Waals surface area contributed by atoms with Gasteiger partial charge in [0.05, 0.1) is 12.0 Å². The molecule has 2 aromatic rings. The molecule has 21 heavy (non-hydrogen) atoms. The Hall–Kier alpha value is -1.82. The molecule has 1 aromatic heterocycles. The van der Waals surface area contributed by atoms with Crippen LogP contribution in [0.5, 0.6) is 0 Å². The summed E-state index contributed by atoms with van der Waals surface area (Å²) in [5, 5.41) is 3.27. The highest BCUT2D eigenvalue weighted by molar-refractivity contribution is 5.38. The van der Waals surface area contributed by atoms with Gasteiger partial charge >= 0.3 is 0 Å². The molecule has 1 aromatic carbocycles. The molecule has 0 radical (unpaired) electrons. The maximum absolute atomic E-state index is 14.0. The zero-order valence-electron chi connectivity index (χ0n) is 11.7. The van der Waals surface area contributed by atoms with Crippen molar-refractivity contribution < 1.29 is 13.2 Å². The second-order valence-corrected chi connectivity index (χ2v) is 5.68. The van der Waals surface area contributed by atoms with Crippen LogP contribution in [0.3, 0.4) is 0 Å². The number of hydrogen-bond donors (Lipinski definition) is 1. The summed E-state index contributed by atoms with van der Waals surface area (Å²) in [7, 11) is 0. The first-order valence-corrected chi connectivity index (χ1v) is 6.90. The van der Waals surface area contributed by atoms with Crippen molar-refractivity contribution in [3.63, 3.8) is 0 Å². The van der Waals surface area contributed by atoms with Crippen molar-refractivity contribution in [3.05, 3.63) is 47.8 Å². The van der Waals surface area contributed by atoms with Crippen molar-refractivity contribution in [2.75, 3.05) is 13.1 Å². The van der Waals surface area contributed by atoms with E-state index in [1.54, 1.807) is 6.20 Å². The van der Waals surface area contributed by atoms with Crippen LogP contribution in [0.25, 0.3) is 5.69 Å². The number of nitrogens with one attached hydrogen (secondary N) is 1. The number of nitrogens with zero attached hydrogens (tertiary/aromatic N) is 2. The largest absolute Gasteiger partial charge is 0.317 e. The maximum Gasteiger partial charge on any atom is 0.183 e. The average molecular weight is 295 g/mol. The Bertz CT molecular complexity index is 660. The van der Waals surface area contributed by atoms with Crippen LogP contribution in [-0.2, 0) is 5.41 Å². The first-order chi connectivity index (χ1) is 10.0. The van der Waals surface area contributed by atoms with E-state index in [1.807, 2.05) is 0 Å². The lowest BCUT2D eigenvalue weighted by Gasteiger charge is -2.34. The standard InChI is InChI=1S/C15H16F3N3/c1-15(2-4-19-5-3-15)13-8-20-9-21(13)12-7-10(16)6-11(17)14(12)18/h6-9,19H,2-5H2,1H3. The van der Waals surface area contributed by atoms with Crippen molar-refractivity contribution in [1.82, 2.24) is 14.9 Å². The minimum absolute atomic E-state index is 0.139. The van der Waals surface area contributed by atoms with Crippen molar-refractivity contribution in [1.29, 1.82) is 0 Å². The van der Waals surface area contributed by atoms with Crippen LogP contribution in [0.15, 0.2) is 24.7 Å². The van der Waals surface area contributed by atoms with Crippen molar-refractivity contribution in [2.45, 2.75) is 25.2 Å². The summed E-state index contributed by atoms with van der Waals surface area (Å²) in [6, 6.07) is 1.54. The highest BCUT2D eigenvalue weighted by atomic mass is 19.2. The fourth-order valence-corrected chi connectivity index (χ4v) is 2.89. The number of rotatable bonds is 2. The van der Waals surface area contributed by atoms with Gasteiger partial charge in [-0.1, -0.05) is 6.92 Å². The van der Waals surface area contributed by atoms with E-state index in [9.17, 15) is 13.2 Å². The van der Waals surface area contributed by atoms with Gasteiger partial charge in [0, 0.05) is 29.4 Å². The molecule has 6 heteroatoms. The van der Waals surface area contributed by atoms with Crippen molar-refractivity contribution in [3.8, 4) is 5.69 Å². The Kier molecular flexibility index (Phi) is 3.49. The van der Waals surface area contributed by atoms with Gasteiger partial charge in [-0.2, -0.15) is 0 Å². The molecule has 1 N–H and O–H groups in total. The van der Waals surface area contributed by atoms with Gasteiger partial charge < -0.3 is 5.32 Å². The molecule has 0 aliphatic carbocycles. The number of aromatic nitrogens is 2.